The van der Waals surface area contributed by atoms with E-state index >= 15 is 0 Å². The first-order valence-corrected chi connectivity index (χ1v) is 9.64. The van der Waals surface area contributed by atoms with E-state index in [0.29, 0.717) is 12.2 Å². The van der Waals surface area contributed by atoms with Crippen LogP contribution in [0, 0.1) is 12.7 Å². The molecule has 1 spiro atoms. The minimum Gasteiger partial charge on any atom is -0.337 e. The van der Waals surface area contributed by atoms with Gasteiger partial charge in [-0.05, 0) is 63.9 Å². The number of carbonyl (C=O) groups is 1. The summed E-state index contributed by atoms with van der Waals surface area (Å²) in [6, 6.07) is 6.30. The fourth-order valence-electron chi connectivity index (χ4n) is 4.45. The molecule has 144 valence electrons. The average molecular weight is 371 g/mol. The minimum absolute atomic E-state index is 0.0339. The number of rotatable bonds is 3. The van der Waals surface area contributed by atoms with Gasteiger partial charge in [0.1, 0.15) is 5.82 Å². The summed E-state index contributed by atoms with van der Waals surface area (Å²) in [6.07, 6.45) is 4.54. The Morgan fingerprint density at radius 1 is 1.15 bits per heavy atom. The highest BCUT2D eigenvalue weighted by Gasteiger charge is 2.42. The smallest absolute Gasteiger partial charge is 0.276 e. The van der Waals surface area contributed by atoms with E-state index in [0.717, 1.165) is 43.7 Å². The van der Waals surface area contributed by atoms with Gasteiger partial charge in [-0.2, -0.15) is 0 Å². The van der Waals surface area contributed by atoms with Crippen LogP contribution in [-0.4, -0.2) is 62.9 Å². The summed E-state index contributed by atoms with van der Waals surface area (Å²) < 4.78 is 14.8. The molecule has 1 aromatic carbocycles. The highest BCUT2D eigenvalue weighted by molar-refractivity contribution is 5.93. The maximum absolute atomic E-state index is 13.1. The first-order valence-electron chi connectivity index (χ1n) is 9.64. The van der Waals surface area contributed by atoms with Crippen LogP contribution < -0.4 is 0 Å². The predicted octanol–water partition coefficient (Wildman–Crippen LogP) is 2.47. The van der Waals surface area contributed by atoms with Crippen molar-refractivity contribution in [1.29, 1.82) is 0 Å². The third-order valence-electron chi connectivity index (χ3n) is 6.36. The number of amides is 1. The first kappa shape index (κ1) is 18.1. The lowest BCUT2D eigenvalue weighted by molar-refractivity contribution is 0.0487. The monoisotopic (exact) mass is 371 g/mol. The molecule has 0 atom stereocenters. The van der Waals surface area contributed by atoms with Crippen molar-refractivity contribution >= 4 is 5.91 Å². The van der Waals surface area contributed by atoms with Crippen molar-refractivity contribution in [3.8, 4) is 0 Å². The molecule has 27 heavy (non-hydrogen) atoms. The lowest BCUT2D eigenvalue weighted by atomic mass is 9.85. The number of halogens is 1. The lowest BCUT2D eigenvalue weighted by Crippen LogP contribution is -2.52. The van der Waals surface area contributed by atoms with E-state index in [9.17, 15) is 9.18 Å². The van der Waals surface area contributed by atoms with Crippen LogP contribution in [0.3, 0.4) is 0 Å². The molecule has 1 aromatic heterocycles. The molecule has 0 radical (unpaired) electrons. The van der Waals surface area contributed by atoms with E-state index in [1.807, 2.05) is 11.8 Å². The van der Waals surface area contributed by atoms with E-state index in [1.165, 1.54) is 25.0 Å². The van der Waals surface area contributed by atoms with E-state index < -0.39 is 0 Å². The zero-order valence-electron chi connectivity index (χ0n) is 16.0. The molecule has 6 nitrogen and oxygen atoms in total. The van der Waals surface area contributed by atoms with Gasteiger partial charge in [0.25, 0.3) is 5.91 Å². The molecule has 0 saturated carbocycles. The van der Waals surface area contributed by atoms with E-state index in [2.05, 4.69) is 22.3 Å². The van der Waals surface area contributed by atoms with Gasteiger partial charge in [0.05, 0.1) is 12.2 Å². The Morgan fingerprint density at radius 3 is 2.48 bits per heavy atom. The van der Waals surface area contributed by atoms with E-state index in [-0.39, 0.29) is 17.3 Å². The number of nitrogens with zero attached hydrogens (tertiary/aromatic N) is 5. The van der Waals surface area contributed by atoms with Gasteiger partial charge in [0.2, 0.25) is 0 Å². The second-order valence-corrected chi connectivity index (χ2v) is 7.85. The number of piperidine rings is 1. The van der Waals surface area contributed by atoms with Gasteiger partial charge < -0.3 is 9.80 Å². The van der Waals surface area contributed by atoms with Crippen molar-refractivity contribution < 1.29 is 9.18 Å². The average Bonchev–Trinajstić information content (AvgIpc) is 3.21. The van der Waals surface area contributed by atoms with Crippen LogP contribution in [0.2, 0.25) is 0 Å². The summed E-state index contributed by atoms with van der Waals surface area (Å²) in [4.78, 5) is 17.3. The molecule has 2 aliphatic rings. The molecule has 0 unspecified atom stereocenters. The van der Waals surface area contributed by atoms with Crippen LogP contribution >= 0.6 is 0 Å². The zero-order valence-corrected chi connectivity index (χ0v) is 16.0. The maximum atomic E-state index is 13.1. The van der Waals surface area contributed by atoms with Gasteiger partial charge in [-0.25, -0.2) is 9.07 Å². The van der Waals surface area contributed by atoms with Crippen LogP contribution in [0.15, 0.2) is 24.3 Å². The topological polar surface area (TPSA) is 54.3 Å². The predicted molar refractivity (Wildman–Crippen MR) is 100.0 cm³/mol. The number of likely N-dealkylation sites (tertiary alicyclic amines) is 2. The molecule has 3 heterocycles. The van der Waals surface area contributed by atoms with Gasteiger partial charge >= 0.3 is 0 Å². The summed E-state index contributed by atoms with van der Waals surface area (Å²) in [5.41, 5.74) is 2.38. The second-order valence-electron chi connectivity index (χ2n) is 7.85. The molecule has 2 saturated heterocycles. The van der Waals surface area contributed by atoms with Gasteiger partial charge in [-0.15, -0.1) is 5.10 Å². The molecule has 7 heteroatoms. The fourth-order valence-corrected chi connectivity index (χ4v) is 4.45. The molecule has 4 rings (SSSR count). The van der Waals surface area contributed by atoms with Crippen molar-refractivity contribution in [1.82, 2.24) is 24.8 Å². The summed E-state index contributed by atoms with van der Waals surface area (Å²) in [7, 11) is 2.20. The number of carbonyl (C=O) groups excluding carboxylic acids is 1. The Labute approximate surface area is 158 Å². The van der Waals surface area contributed by atoms with Gasteiger partial charge in [0.15, 0.2) is 5.69 Å². The zero-order chi connectivity index (χ0) is 19.0. The molecule has 2 fully saturated rings. The number of hydrogen-bond donors (Lipinski definition) is 0. The molecule has 0 bridgehead atoms. The molecule has 2 aliphatic heterocycles. The summed E-state index contributed by atoms with van der Waals surface area (Å²) in [5, 5.41) is 8.30. The minimum atomic E-state index is -0.263. The summed E-state index contributed by atoms with van der Waals surface area (Å²) >= 11 is 0. The largest absolute Gasteiger partial charge is 0.337 e. The lowest BCUT2D eigenvalue weighted by Gasteiger charge is -2.43. The van der Waals surface area contributed by atoms with Crippen LogP contribution in [0.25, 0.3) is 0 Å². The van der Waals surface area contributed by atoms with Crippen LogP contribution in [0.4, 0.5) is 4.39 Å². The quantitative estimate of drug-likeness (QED) is 0.832. The number of hydrogen-bond acceptors (Lipinski definition) is 4. The Bertz CT molecular complexity index is 823. The van der Waals surface area contributed by atoms with Gasteiger partial charge in [0, 0.05) is 18.6 Å². The van der Waals surface area contributed by atoms with Gasteiger partial charge in [-0.1, -0.05) is 17.3 Å². The molecule has 1 amide bonds. The van der Waals surface area contributed by atoms with Crippen molar-refractivity contribution in [3.05, 3.63) is 47.0 Å². The normalized spacial score (nSPS) is 19.7. The second kappa shape index (κ2) is 7.03. The molecule has 0 N–H and O–H groups in total. The third kappa shape index (κ3) is 3.36. The Morgan fingerprint density at radius 2 is 1.85 bits per heavy atom. The highest BCUT2D eigenvalue weighted by atomic mass is 19.1. The van der Waals surface area contributed by atoms with Crippen molar-refractivity contribution in [2.45, 2.75) is 44.7 Å². The first-order chi connectivity index (χ1) is 13.0. The molecular weight excluding hydrogens is 345 g/mol. The molecule has 0 aliphatic carbocycles. The van der Waals surface area contributed by atoms with Crippen LogP contribution in [0.5, 0.6) is 0 Å². The Hall–Kier alpha value is -2.28. The van der Waals surface area contributed by atoms with E-state index in [4.69, 9.17) is 0 Å². The third-order valence-corrected chi connectivity index (χ3v) is 6.36. The molecular formula is C20H26FN5O. The summed E-state index contributed by atoms with van der Waals surface area (Å²) in [6.45, 7) is 5.04. The van der Waals surface area contributed by atoms with E-state index in [1.54, 1.807) is 16.8 Å². The number of aromatic nitrogens is 3. The highest BCUT2D eigenvalue weighted by Crippen LogP contribution is 2.37. The number of benzene rings is 1. The van der Waals surface area contributed by atoms with Crippen molar-refractivity contribution in [3.63, 3.8) is 0 Å². The summed E-state index contributed by atoms with van der Waals surface area (Å²) in [5.74, 6) is -0.297. The van der Waals surface area contributed by atoms with Crippen LogP contribution in [0.1, 0.15) is 47.4 Å². The van der Waals surface area contributed by atoms with Crippen molar-refractivity contribution in [2.75, 3.05) is 26.7 Å². The van der Waals surface area contributed by atoms with Gasteiger partial charge in [-0.3, -0.25) is 4.79 Å². The van der Waals surface area contributed by atoms with Crippen LogP contribution in [-0.2, 0) is 6.54 Å². The molecule has 2 aromatic rings. The Balaban J connectivity index is 1.44. The standard InChI is InChI=1S/C20H26FN5O/c1-15-18(22-23-26(15)14-16-4-6-17(21)7-5-16)19(27)25-12-9-20(10-13-25)8-3-11-24(20)2/h4-7H,3,8-14H2,1-2H3. The maximum Gasteiger partial charge on any atom is 0.276 e. The fraction of sp³-hybridized carbons (Fsp3) is 0.550. The Kier molecular flexibility index (Phi) is 4.72. The van der Waals surface area contributed by atoms with Crippen molar-refractivity contribution in [2.24, 2.45) is 0 Å². The SMILES string of the molecule is Cc1c(C(=O)N2CCC3(CCCN3C)CC2)nnn1Cc1ccc(F)cc1.